The zero-order valence-electron chi connectivity index (χ0n) is 15.9. The lowest BCUT2D eigenvalue weighted by atomic mass is 9.86. The van der Waals surface area contributed by atoms with Crippen molar-refractivity contribution in [3.63, 3.8) is 0 Å². The molecule has 3 atom stereocenters. The maximum Gasteiger partial charge on any atom is 0.0678 e. The summed E-state index contributed by atoms with van der Waals surface area (Å²) in [6.45, 7) is 16.7. The molecule has 1 aliphatic rings. The van der Waals surface area contributed by atoms with Gasteiger partial charge in [-0.05, 0) is 48.8 Å². The van der Waals surface area contributed by atoms with Crippen LogP contribution in [-0.2, 0) is 16.6 Å². The van der Waals surface area contributed by atoms with Gasteiger partial charge >= 0.3 is 0 Å². The van der Waals surface area contributed by atoms with Gasteiger partial charge in [-0.15, -0.1) is 12.4 Å². The lowest BCUT2D eigenvalue weighted by molar-refractivity contribution is -0.0709. The average molecular weight is 419 g/mol. The fraction of sp³-hybridized carbons (Fsp3) is 0.700. The Bertz CT molecular complexity index is 519. The van der Waals surface area contributed by atoms with Crippen molar-refractivity contribution in [2.45, 2.75) is 65.6 Å². The van der Waals surface area contributed by atoms with Gasteiger partial charge in [-0.2, -0.15) is 0 Å². The summed E-state index contributed by atoms with van der Waals surface area (Å²) in [6.07, 6.45) is 1.82. The molecule has 1 aromatic carbocycles. The maximum absolute atomic E-state index is 5.83. The van der Waals surface area contributed by atoms with Gasteiger partial charge in [-0.3, -0.25) is 4.90 Å². The van der Waals surface area contributed by atoms with Crippen LogP contribution >= 0.6 is 28.3 Å². The van der Waals surface area contributed by atoms with E-state index in [2.05, 4.69) is 80.6 Å². The molecule has 1 unspecified atom stereocenters. The molecule has 1 saturated heterocycles. The summed E-state index contributed by atoms with van der Waals surface area (Å²) < 4.78 is 7.08. The highest BCUT2D eigenvalue weighted by molar-refractivity contribution is 9.10. The number of nitrogens with zero attached hydrogens (tertiary/aromatic N) is 1. The molecule has 0 amide bonds. The zero-order valence-corrected chi connectivity index (χ0v) is 18.3. The van der Waals surface area contributed by atoms with Gasteiger partial charge in [0.2, 0.25) is 0 Å². The van der Waals surface area contributed by atoms with Crippen molar-refractivity contribution < 1.29 is 4.74 Å². The predicted molar refractivity (Wildman–Crippen MR) is 109 cm³/mol. The van der Waals surface area contributed by atoms with Gasteiger partial charge in [0.15, 0.2) is 0 Å². The third-order valence-corrected chi connectivity index (χ3v) is 5.29. The topological polar surface area (TPSA) is 12.5 Å². The number of rotatable bonds is 4. The first-order chi connectivity index (χ1) is 10.6. The highest BCUT2D eigenvalue weighted by Gasteiger charge is 2.23. The van der Waals surface area contributed by atoms with Crippen LogP contribution in [0.1, 0.15) is 52.7 Å². The summed E-state index contributed by atoms with van der Waals surface area (Å²) in [6, 6.07) is 6.87. The molecule has 1 aromatic rings. The molecule has 4 heteroatoms. The van der Waals surface area contributed by atoms with Crippen LogP contribution in [0.2, 0.25) is 0 Å². The largest absolute Gasteiger partial charge is 0.373 e. The molecule has 0 aromatic heterocycles. The Morgan fingerprint density at radius 1 is 1.21 bits per heavy atom. The van der Waals surface area contributed by atoms with Crippen molar-refractivity contribution in [3.8, 4) is 0 Å². The second kappa shape index (κ2) is 9.02. The Labute approximate surface area is 162 Å². The Hall–Kier alpha value is -0.0900. The van der Waals surface area contributed by atoms with Crippen molar-refractivity contribution in [1.82, 2.24) is 4.90 Å². The van der Waals surface area contributed by atoms with Crippen molar-refractivity contribution in [3.05, 3.63) is 33.8 Å². The van der Waals surface area contributed by atoms with Gasteiger partial charge in [0.25, 0.3) is 0 Å². The monoisotopic (exact) mass is 417 g/mol. The minimum absolute atomic E-state index is 0. The minimum atomic E-state index is 0. The molecular formula is C20H33BrClNO. The highest BCUT2D eigenvalue weighted by atomic mass is 79.9. The number of halogens is 2. The molecule has 0 spiro atoms. The number of hydrogen-bond acceptors (Lipinski definition) is 2. The number of hydrogen-bond donors (Lipinski definition) is 0. The van der Waals surface area contributed by atoms with Gasteiger partial charge in [-0.1, -0.05) is 55.8 Å². The second-order valence-corrected chi connectivity index (χ2v) is 9.20. The molecule has 24 heavy (non-hydrogen) atoms. The quantitative estimate of drug-likeness (QED) is 0.644. The summed E-state index contributed by atoms with van der Waals surface area (Å²) in [5.74, 6) is 0.643. The normalized spacial score (nSPS) is 23.6. The summed E-state index contributed by atoms with van der Waals surface area (Å²) >= 11 is 3.78. The van der Waals surface area contributed by atoms with E-state index in [1.54, 1.807) is 0 Å². The first-order valence-electron chi connectivity index (χ1n) is 8.82. The minimum Gasteiger partial charge on any atom is -0.373 e. The van der Waals surface area contributed by atoms with Crippen molar-refractivity contribution in [2.24, 2.45) is 5.92 Å². The first-order valence-corrected chi connectivity index (χ1v) is 9.61. The molecule has 1 fully saturated rings. The summed E-state index contributed by atoms with van der Waals surface area (Å²) in [5, 5.41) is 0. The predicted octanol–water partition coefficient (Wildman–Crippen LogP) is 5.46. The van der Waals surface area contributed by atoms with Gasteiger partial charge in [0.05, 0.1) is 12.2 Å². The first kappa shape index (κ1) is 22.0. The van der Waals surface area contributed by atoms with E-state index < -0.39 is 0 Å². The van der Waals surface area contributed by atoms with E-state index in [0.29, 0.717) is 18.1 Å². The van der Waals surface area contributed by atoms with Crippen LogP contribution in [0.25, 0.3) is 0 Å². The molecule has 0 aliphatic carbocycles. The van der Waals surface area contributed by atoms with E-state index in [1.807, 2.05) is 0 Å². The van der Waals surface area contributed by atoms with E-state index in [0.717, 1.165) is 26.1 Å². The van der Waals surface area contributed by atoms with Crippen LogP contribution in [0, 0.1) is 5.92 Å². The smallest absolute Gasteiger partial charge is 0.0678 e. The number of benzene rings is 1. The highest BCUT2D eigenvalue weighted by Crippen LogP contribution is 2.29. The van der Waals surface area contributed by atoms with Crippen LogP contribution in [0.4, 0.5) is 0 Å². The van der Waals surface area contributed by atoms with Gasteiger partial charge in [-0.25, -0.2) is 0 Å². The van der Waals surface area contributed by atoms with Gasteiger partial charge in [0.1, 0.15) is 0 Å². The fourth-order valence-electron chi connectivity index (χ4n) is 3.49. The van der Waals surface area contributed by atoms with Crippen LogP contribution < -0.4 is 0 Å². The summed E-state index contributed by atoms with van der Waals surface area (Å²) in [5.41, 5.74) is 3.00. The Balaban J connectivity index is 0.00000288. The van der Waals surface area contributed by atoms with E-state index in [4.69, 9.17) is 4.74 Å². The van der Waals surface area contributed by atoms with Crippen molar-refractivity contribution in [2.75, 3.05) is 19.6 Å². The van der Waals surface area contributed by atoms with Crippen molar-refractivity contribution in [1.29, 1.82) is 0 Å². The molecule has 0 radical (unpaired) electrons. The molecule has 138 valence electrons. The van der Waals surface area contributed by atoms with E-state index in [-0.39, 0.29) is 17.8 Å². The molecule has 1 heterocycles. The lowest BCUT2D eigenvalue weighted by Gasteiger charge is -2.36. The summed E-state index contributed by atoms with van der Waals surface area (Å²) in [4.78, 5) is 2.56. The maximum atomic E-state index is 5.83. The molecule has 1 aliphatic heterocycles. The average Bonchev–Trinajstić information content (AvgIpc) is 2.38. The van der Waals surface area contributed by atoms with Crippen LogP contribution in [0.5, 0.6) is 0 Å². The van der Waals surface area contributed by atoms with Gasteiger partial charge < -0.3 is 4.74 Å². The van der Waals surface area contributed by atoms with Crippen LogP contribution in [0.3, 0.4) is 0 Å². The molecule has 2 nitrogen and oxygen atoms in total. The zero-order chi connectivity index (χ0) is 17.2. The molecule has 2 rings (SSSR count). The molecule has 0 bridgehead atoms. The molecule has 0 N–H and O–H groups in total. The molecular weight excluding hydrogens is 386 g/mol. The van der Waals surface area contributed by atoms with E-state index in [1.165, 1.54) is 15.6 Å². The van der Waals surface area contributed by atoms with Crippen molar-refractivity contribution >= 4 is 28.3 Å². The second-order valence-electron chi connectivity index (χ2n) is 8.34. The molecule has 0 saturated carbocycles. The third-order valence-electron chi connectivity index (χ3n) is 4.55. The Morgan fingerprint density at radius 3 is 2.29 bits per heavy atom. The van der Waals surface area contributed by atoms with Gasteiger partial charge in [0, 0.05) is 24.1 Å². The Morgan fingerprint density at radius 2 is 1.79 bits per heavy atom. The SMILES string of the molecule is CC(Cc1ccc(C(C)(C)C)cc1Br)CN1C[C@@H](C)O[C@@H](C)C1.Cl. The van der Waals surface area contributed by atoms with E-state index in [9.17, 15) is 0 Å². The summed E-state index contributed by atoms with van der Waals surface area (Å²) in [7, 11) is 0. The van der Waals surface area contributed by atoms with Crippen LogP contribution in [-0.4, -0.2) is 36.7 Å². The number of ether oxygens (including phenoxy) is 1. The third kappa shape index (κ3) is 6.33. The number of morpholine rings is 1. The lowest BCUT2D eigenvalue weighted by Crippen LogP contribution is -2.47. The van der Waals surface area contributed by atoms with E-state index >= 15 is 0 Å². The standard InChI is InChI=1S/C20H32BrNO.ClH/c1-14(11-22-12-15(2)23-16(3)13-22)9-17-7-8-18(10-19(17)21)20(4,5)6;/h7-8,10,14-16H,9,11-13H2,1-6H3;1H/t14?,15-,16+;. The Kier molecular flexibility index (Phi) is 8.25. The van der Waals surface area contributed by atoms with Crippen LogP contribution in [0.15, 0.2) is 22.7 Å². The fourth-order valence-corrected chi connectivity index (χ4v) is 4.03.